The molecule has 1 saturated carbocycles. The number of anilines is 1. The molecule has 4 heteroatoms. The molecule has 0 N–H and O–H groups in total. The number of carbonyl (C=O) groups is 2. The Bertz CT molecular complexity index is 837. The third-order valence-electron chi connectivity index (χ3n) is 4.71. The summed E-state index contributed by atoms with van der Waals surface area (Å²) in [5.74, 6) is 0.270. The topological polar surface area (TPSA) is 46.6 Å². The summed E-state index contributed by atoms with van der Waals surface area (Å²) in [5.41, 5.74) is 4.06. The predicted octanol–water partition coefficient (Wildman–Crippen LogP) is 4.20. The Labute approximate surface area is 148 Å². The van der Waals surface area contributed by atoms with Crippen molar-refractivity contribution in [1.29, 1.82) is 0 Å². The smallest absolute Gasteiger partial charge is 0.345 e. The van der Waals surface area contributed by atoms with Gasteiger partial charge < -0.3 is 9.64 Å². The van der Waals surface area contributed by atoms with Crippen molar-refractivity contribution in [3.8, 4) is 5.75 Å². The highest BCUT2D eigenvalue weighted by atomic mass is 16.5. The standard InChI is InChI=1S/C21H23NO3/c1-13-11-14(2)15(3)19(12-13)25-21(24)17-7-5-6-8-18(17)22(4)20(23)16-9-10-16/h5-8,11-12,16H,9-10H2,1-4H3. The van der Waals surface area contributed by atoms with E-state index in [1.807, 2.05) is 32.9 Å². The Morgan fingerprint density at radius 3 is 2.44 bits per heavy atom. The van der Waals surface area contributed by atoms with Crippen LogP contribution in [0.15, 0.2) is 36.4 Å². The van der Waals surface area contributed by atoms with Gasteiger partial charge in [-0.05, 0) is 68.5 Å². The van der Waals surface area contributed by atoms with Gasteiger partial charge in [0.1, 0.15) is 5.75 Å². The second kappa shape index (κ2) is 6.71. The quantitative estimate of drug-likeness (QED) is 0.620. The van der Waals surface area contributed by atoms with E-state index in [0.717, 1.165) is 29.5 Å². The summed E-state index contributed by atoms with van der Waals surface area (Å²) in [5, 5.41) is 0. The number of rotatable bonds is 4. The van der Waals surface area contributed by atoms with Gasteiger partial charge in [-0.3, -0.25) is 4.79 Å². The zero-order chi connectivity index (χ0) is 18.1. The molecular formula is C21H23NO3. The summed E-state index contributed by atoms with van der Waals surface area (Å²) in [6.07, 6.45) is 1.86. The van der Waals surface area contributed by atoms with Gasteiger partial charge in [-0.2, -0.15) is 0 Å². The molecule has 0 bridgehead atoms. The first-order chi connectivity index (χ1) is 11.9. The molecule has 1 aliphatic rings. The van der Waals surface area contributed by atoms with Gasteiger partial charge in [0.2, 0.25) is 5.91 Å². The lowest BCUT2D eigenvalue weighted by Gasteiger charge is -2.20. The molecule has 0 unspecified atom stereocenters. The van der Waals surface area contributed by atoms with E-state index in [9.17, 15) is 9.59 Å². The summed E-state index contributed by atoms with van der Waals surface area (Å²) in [7, 11) is 1.72. The van der Waals surface area contributed by atoms with Crippen molar-refractivity contribution >= 4 is 17.6 Å². The Morgan fingerprint density at radius 1 is 1.08 bits per heavy atom. The molecule has 25 heavy (non-hydrogen) atoms. The summed E-state index contributed by atoms with van der Waals surface area (Å²) in [4.78, 5) is 26.7. The second-order valence-electron chi connectivity index (χ2n) is 6.78. The first-order valence-corrected chi connectivity index (χ1v) is 8.55. The molecule has 0 saturated heterocycles. The van der Waals surface area contributed by atoms with Crippen molar-refractivity contribution in [2.75, 3.05) is 11.9 Å². The predicted molar refractivity (Wildman–Crippen MR) is 98.2 cm³/mol. The molecule has 1 amide bonds. The molecule has 0 spiro atoms. The van der Waals surface area contributed by atoms with Crippen LogP contribution in [0, 0.1) is 26.7 Å². The molecule has 2 aromatic carbocycles. The number of para-hydroxylation sites is 1. The first-order valence-electron chi connectivity index (χ1n) is 8.55. The molecule has 0 radical (unpaired) electrons. The number of hydrogen-bond acceptors (Lipinski definition) is 3. The van der Waals surface area contributed by atoms with Crippen LogP contribution in [0.5, 0.6) is 5.75 Å². The minimum Gasteiger partial charge on any atom is -0.423 e. The van der Waals surface area contributed by atoms with E-state index < -0.39 is 5.97 Å². The van der Waals surface area contributed by atoms with Gasteiger partial charge in [0.05, 0.1) is 11.3 Å². The first kappa shape index (κ1) is 17.2. The van der Waals surface area contributed by atoms with Gasteiger partial charge in [-0.1, -0.05) is 18.2 Å². The van der Waals surface area contributed by atoms with Crippen LogP contribution < -0.4 is 9.64 Å². The van der Waals surface area contributed by atoms with Crippen LogP contribution in [0.4, 0.5) is 5.69 Å². The van der Waals surface area contributed by atoms with Crippen LogP contribution in [0.25, 0.3) is 0 Å². The number of benzene rings is 2. The van der Waals surface area contributed by atoms with Crippen molar-refractivity contribution in [3.05, 3.63) is 58.7 Å². The normalized spacial score (nSPS) is 13.4. The molecule has 1 aliphatic carbocycles. The number of nitrogens with zero attached hydrogens (tertiary/aromatic N) is 1. The minimum absolute atomic E-state index is 0.0582. The molecule has 2 aromatic rings. The van der Waals surface area contributed by atoms with Crippen molar-refractivity contribution in [1.82, 2.24) is 0 Å². The molecule has 4 nitrogen and oxygen atoms in total. The summed E-state index contributed by atoms with van der Waals surface area (Å²) >= 11 is 0. The van der Waals surface area contributed by atoms with Crippen LogP contribution in [-0.2, 0) is 4.79 Å². The molecule has 0 heterocycles. The maximum atomic E-state index is 12.8. The van der Waals surface area contributed by atoms with Crippen molar-refractivity contribution < 1.29 is 14.3 Å². The monoisotopic (exact) mass is 337 g/mol. The van der Waals surface area contributed by atoms with Gasteiger partial charge in [0.15, 0.2) is 0 Å². The lowest BCUT2D eigenvalue weighted by Crippen LogP contribution is -2.29. The number of esters is 1. The van der Waals surface area contributed by atoms with E-state index in [2.05, 4.69) is 6.07 Å². The molecule has 0 aromatic heterocycles. The fraction of sp³-hybridized carbons (Fsp3) is 0.333. The Hall–Kier alpha value is -2.62. The van der Waals surface area contributed by atoms with Gasteiger partial charge in [-0.15, -0.1) is 0 Å². The van der Waals surface area contributed by atoms with Crippen molar-refractivity contribution in [3.63, 3.8) is 0 Å². The third-order valence-corrected chi connectivity index (χ3v) is 4.71. The van der Waals surface area contributed by atoms with Crippen LogP contribution in [0.3, 0.4) is 0 Å². The minimum atomic E-state index is -0.445. The number of ether oxygens (including phenoxy) is 1. The average Bonchev–Trinajstić information content (AvgIpc) is 3.43. The van der Waals surface area contributed by atoms with E-state index in [1.165, 1.54) is 0 Å². The fourth-order valence-corrected chi connectivity index (χ4v) is 2.92. The Morgan fingerprint density at radius 2 is 1.76 bits per heavy atom. The lowest BCUT2D eigenvalue weighted by atomic mass is 10.1. The molecular weight excluding hydrogens is 314 g/mol. The SMILES string of the molecule is Cc1cc(C)c(C)c(OC(=O)c2ccccc2N(C)C(=O)C2CC2)c1. The highest BCUT2D eigenvalue weighted by Crippen LogP contribution is 2.33. The van der Waals surface area contributed by atoms with Crippen molar-refractivity contribution in [2.24, 2.45) is 5.92 Å². The highest BCUT2D eigenvalue weighted by molar-refractivity contribution is 6.04. The van der Waals surface area contributed by atoms with Gasteiger partial charge in [0.25, 0.3) is 0 Å². The average molecular weight is 337 g/mol. The van der Waals surface area contributed by atoms with E-state index in [0.29, 0.717) is 17.0 Å². The number of hydrogen-bond donors (Lipinski definition) is 0. The zero-order valence-corrected chi connectivity index (χ0v) is 15.1. The molecule has 1 fully saturated rings. The molecule has 0 aliphatic heterocycles. The van der Waals surface area contributed by atoms with Crippen LogP contribution in [0.2, 0.25) is 0 Å². The fourth-order valence-electron chi connectivity index (χ4n) is 2.92. The second-order valence-corrected chi connectivity index (χ2v) is 6.78. The van der Waals surface area contributed by atoms with Gasteiger partial charge in [-0.25, -0.2) is 4.79 Å². The van der Waals surface area contributed by atoms with Crippen LogP contribution in [0.1, 0.15) is 39.9 Å². The van der Waals surface area contributed by atoms with Gasteiger partial charge in [0, 0.05) is 13.0 Å². The number of carbonyl (C=O) groups excluding carboxylic acids is 2. The third kappa shape index (κ3) is 3.58. The van der Waals surface area contributed by atoms with Crippen LogP contribution in [-0.4, -0.2) is 18.9 Å². The zero-order valence-electron chi connectivity index (χ0n) is 15.1. The molecule has 130 valence electrons. The Kier molecular flexibility index (Phi) is 4.62. The van der Waals surface area contributed by atoms with Gasteiger partial charge >= 0.3 is 5.97 Å². The van der Waals surface area contributed by atoms with Crippen molar-refractivity contribution in [2.45, 2.75) is 33.6 Å². The number of aryl methyl sites for hydroxylation is 2. The van der Waals surface area contributed by atoms with Crippen LogP contribution >= 0.6 is 0 Å². The maximum absolute atomic E-state index is 12.8. The van der Waals surface area contributed by atoms with E-state index >= 15 is 0 Å². The van der Waals surface area contributed by atoms with E-state index in [1.54, 1.807) is 30.1 Å². The maximum Gasteiger partial charge on any atom is 0.345 e. The molecule has 3 rings (SSSR count). The summed E-state index contributed by atoms with van der Waals surface area (Å²) in [6, 6.07) is 11.0. The van der Waals surface area contributed by atoms with E-state index in [4.69, 9.17) is 4.74 Å². The van der Waals surface area contributed by atoms with E-state index in [-0.39, 0.29) is 11.8 Å². The lowest BCUT2D eigenvalue weighted by molar-refractivity contribution is -0.119. The highest BCUT2D eigenvalue weighted by Gasteiger charge is 2.33. The summed E-state index contributed by atoms with van der Waals surface area (Å²) in [6.45, 7) is 5.90. The number of amides is 1. The largest absolute Gasteiger partial charge is 0.423 e. The molecule has 0 atom stereocenters. The summed E-state index contributed by atoms with van der Waals surface area (Å²) < 4.78 is 5.66. The Balaban J connectivity index is 1.89.